The Hall–Kier alpha value is -3.62. The molecule has 1 aromatic carbocycles. The van der Waals surface area contributed by atoms with E-state index in [0.29, 0.717) is 17.1 Å². The maximum absolute atomic E-state index is 5.86. The lowest BCUT2D eigenvalue weighted by Gasteiger charge is -2.12. The van der Waals surface area contributed by atoms with Crippen LogP contribution in [0, 0.1) is 0 Å². The molecular formula is C18H21N5O4. The first-order valence-electron chi connectivity index (χ1n) is 7.87. The van der Waals surface area contributed by atoms with Gasteiger partial charge in [-0.2, -0.15) is 0 Å². The topological polar surface area (TPSA) is 113 Å². The average Bonchev–Trinajstić information content (AvgIpc) is 2.67. The summed E-state index contributed by atoms with van der Waals surface area (Å²) in [5, 5.41) is 7.51. The smallest absolute Gasteiger partial charge is 0.233 e. The Kier molecular flexibility index (Phi) is 7.12. The molecule has 1 aromatic heterocycles. The third-order valence-corrected chi connectivity index (χ3v) is 3.31. The van der Waals surface area contributed by atoms with E-state index < -0.39 is 0 Å². The molecule has 0 unspecified atom stereocenters. The van der Waals surface area contributed by atoms with E-state index in [0.717, 1.165) is 11.3 Å². The number of anilines is 1. The number of allylic oxidation sites excluding steroid dienone is 1. The molecule has 142 valence electrons. The van der Waals surface area contributed by atoms with Gasteiger partial charge in [0.05, 0.1) is 19.0 Å². The monoisotopic (exact) mass is 371 g/mol. The number of nitrogen functional groups attached to an aromatic ring is 1. The van der Waals surface area contributed by atoms with Gasteiger partial charge in [-0.15, -0.1) is 0 Å². The fourth-order valence-corrected chi connectivity index (χ4v) is 2.07. The number of methoxy groups -OCH3 is 1. The first kappa shape index (κ1) is 19.7. The third kappa shape index (κ3) is 5.43. The maximum atomic E-state index is 5.86. The number of ether oxygens (including phenoxy) is 2. The van der Waals surface area contributed by atoms with Crippen LogP contribution in [0.2, 0.25) is 0 Å². The van der Waals surface area contributed by atoms with E-state index in [4.69, 9.17) is 20.0 Å². The van der Waals surface area contributed by atoms with Gasteiger partial charge in [-0.3, -0.25) is 0 Å². The summed E-state index contributed by atoms with van der Waals surface area (Å²) in [6.45, 7) is 1.83. The van der Waals surface area contributed by atoms with Gasteiger partial charge in [0.25, 0.3) is 0 Å². The predicted molar refractivity (Wildman–Crippen MR) is 103 cm³/mol. The van der Waals surface area contributed by atoms with Gasteiger partial charge in [-0.05, 0) is 30.7 Å². The maximum Gasteiger partial charge on any atom is 0.233 e. The average molecular weight is 371 g/mol. The molecule has 0 amide bonds. The van der Waals surface area contributed by atoms with E-state index in [9.17, 15) is 0 Å². The summed E-state index contributed by atoms with van der Waals surface area (Å²) in [6.07, 6.45) is 6.38. The lowest BCUT2D eigenvalue weighted by molar-refractivity contribution is 0.213. The molecule has 0 fully saturated rings. The number of nitrogens with zero attached hydrogens (tertiary/aromatic N) is 4. The SMILES string of the molecule is CON=Cc1c(N)ncnc1Oc1ccc(C=CC(C)=NOC)cc1OC. The summed E-state index contributed by atoms with van der Waals surface area (Å²) in [4.78, 5) is 17.4. The Morgan fingerprint density at radius 3 is 2.63 bits per heavy atom. The standard InChI is InChI=1S/C18H21N5O4/c1-12(23-26-4)5-6-13-7-8-15(16(9-13)24-2)27-18-14(10-22-25-3)17(19)20-11-21-18/h5-11H,1-4H3,(H2,19,20,21). The number of nitrogens with two attached hydrogens (primary N) is 1. The first-order chi connectivity index (χ1) is 13.1. The molecule has 2 N–H and O–H groups in total. The Bertz CT molecular complexity index is 865. The van der Waals surface area contributed by atoms with Crippen molar-refractivity contribution in [2.75, 3.05) is 27.1 Å². The van der Waals surface area contributed by atoms with Crippen molar-refractivity contribution >= 4 is 23.8 Å². The Morgan fingerprint density at radius 1 is 1.11 bits per heavy atom. The molecule has 0 saturated carbocycles. The second-order valence-corrected chi connectivity index (χ2v) is 5.16. The summed E-state index contributed by atoms with van der Waals surface area (Å²) >= 11 is 0. The molecule has 0 spiro atoms. The van der Waals surface area contributed by atoms with Gasteiger partial charge < -0.3 is 24.9 Å². The third-order valence-electron chi connectivity index (χ3n) is 3.31. The lowest BCUT2D eigenvalue weighted by atomic mass is 10.1. The Labute approximate surface area is 157 Å². The van der Waals surface area contributed by atoms with Gasteiger partial charge in [0, 0.05) is 0 Å². The van der Waals surface area contributed by atoms with Gasteiger partial charge >= 0.3 is 0 Å². The molecular weight excluding hydrogens is 350 g/mol. The molecule has 0 aliphatic carbocycles. The number of oxime groups is 2. The minimum absolute atomic E-state index is 0.215. The van der Waals surface area contributed by atoms with Crippen LogP contribution in [0.1, 0.15) is 18.1 Å². The van der Waals surface area contributed by atoms with E-state index in [1.54, 1.807) is 13.2 Å². The largest absolute Gasteiger partial charge is 0.493 e. The van der Waals surface area contributed by atoms with E-state index in [1.807, 2.05) is 31.2 Å². The zero-order valence-electron chi connectivity index (χ0n) is 15.5. The highest BCUT2D eigenvalue weighted by atomic mass is 16.6. The van der Waals surface area contributed by atoms with Crippen LogP contribution in [0.25, 0.3) is 6.08 Å². The molecule has 0 bridgehead atoms. The zero-order valence-corrected chi connectivity index (χ0v) is 15.5. The van der Waals surface area contributed by atoms with Crippen LogP contribution in [-0.4, -0.2) is 43.2 Å². The van der Waals surface area contributed by atoms with Gasteiger partial charge in [0.1, 0.15) is 31.9 Å². The van der Waals surface area contributed by atoms with Crippen molar-refractivity contribution in [3.05, 3.63) is 41.7 Å². The summed E-state index contributed by atoms with van der Waals surface area (Å²) < 4.78 is 11.3. The minimum Gasteiger partial charge on any atom is -0.493 e. The van der Waals surface area contributed by atoms with Gasteiger partial charge in [0.2, 0.25) is 5.88 Å². The normalized spacial score (nSPS) is 11.8. The molecule has 0 radical (unpaired) electrons. The molecule has 9 nitrogen and oxygen atoms in total. The van der Waals surface area contributed by atoms with Crippen molar-refractivity contribution in [1.82, 2.24) is 9.97 Å². The van der Waals surface area contributed by atoms with E-state index >= 15 is 0 Å². The highest BCUT2D eigenvalue weighted by molar-refractivity contribution is 5.96. The summed E-state index contributed by atoms with van der Waals surface area (Å²) in [6, 6.07) is 5.44. The van der Waals surface area contributed by atoms with E-state index in [-0.39, 0.29) is 11.7 Å². The predicted octanol–water partition coefficient (Wildman–Crippen LogP) is 2.88. The van der Waals surface area contributed by atoms with Gasteiger partial charge in [0.15, 0.2) is 11.5 Å². The lowest BCUT2D eigenvalue weighted by Crippen LogP contribution is -2.03. The molecule has 2 aromatic rings. The van der Waals surface area contributed by atoms with Crippen LogP contribution in [-0.2, 0) is 9.68 Å². The molecule has 0 saturated heterocycles. The van der Waals surface area contributed by atoms with Crippen LogP contribution >= 0.6 is 0 Å². The fourth-order valence-electron chi connectivity index (χ4n) is 2.07. The van der Waals surface area contributed by atoms with Crippen molar-refractivity contribution in [1.29, 1.82) is 0 Å². The van der Waals surface area contributed by atoms with Crippen molar-refractivity contribution < 1.29 is 19.1 Å². The van der Waals surface area contributed by atoms with E-state index in [2.05, 4.69) is 25.1 Å². The Balaban J connectivity index is 2.31. The van der Waals surface area contributed by atoms with Crippen LogP contribution in [0.15, 0.2) is 40.9 Å². The number of hydrogen-bond donors (Lipinski definition) is 1. The molecule has 0 aliphatic rings. The quantitative estimate of drug-likeness (QED) is 0.560. The summed E-state index contributed by atoms with van der Waals surface area (Å²) in [5.41, 5.74) is 7.89. The van der Waals surface area contributed by atoms with Crippen molar-refractivity contribution in [2.45, 2.75) is 6.92 Å². The number of hydrogen-bond acceptors (Lipinski definition) is 9. The highest BCUT2D eigenvalue weighted by Crippen LogP contribution is 2.33. The van der Waals surface area contributed by atoms with Gasteiger partial charge in [-0.25, -0.2) is 9.97 Å². The number of rotatable bonds is 8. The van der Waals surface area contributed by atoms with Crippen LogP contribution in [0.4, 0.5) is 5.82 Å². The highest BCUT2D eigenvalue weighted by Gasteiger charge is 2.13. The second-order valence-electron chi connectivity index (χ2n) is 5.16. The second kappa shape index (κ2) is 9.76. The van der Waals surface area contributed by atoms with Crippen molar-refractivity contribution in [2.24, 2.45) is 10.3 Å². The van der Waals surface area contributed by atoms with Crippen LogP contribution < -0.4 is 15.2 Å². The zero-order chi connectivity index (χ0) is 19.6. The van der Waals surface area contributed by atoms with Crippen molar-refractivity contribution in [3.63, 3.8) is 0 Å². The first-order valence-corrected chi connectivity index (χ1v) is 7.87. The van der Waals surface area contributed by atoms with Crippen molar-refractivity contribution in [3.8, 4) is 17.4 Å². The summed E-state index contributed by atoms with van der Waals surface area (Å²) in [7, 11) is 4.47. The van der Waals surface area contributed by atoms with Gasteiger partial charge in [-0.1, -0.05) is 22.5 Å². The molecule has 9 heteroatoms. The van der Waals surface area contributed by atoms with Crippen LogP contribution in [0.5, 0.6) is 17.4 Å². The molecule has 0 aliphatic heterocycles. The van der Waals surface area contributed by atoms with E-state index in [1.165, 1.54) is 26.8 Å². The molecule has 1 heterocycles. The Morgan fingerprint density at radius 2 is 1.93 bits per heavy atom. The molecule has 2 rings (SSSR count). The molecule has 27 heavy (non-hydrogen) atoms. The number of benzene rings is 1. The minimum atomic E-state index is 0.215. The van der Waals surface area contributed by atoms with Crippen LogP contribution in [0.3, 0.4) is 0 Å². The molecule has 0 atom stereocenters. The summed E-state index contributed by atoms with van der Waals surface area (Å²) in [5.74, 6) is 1.42. The fraction of sp³-hybridized carbons (Fsp3) is 0.222. The number of aromatic nitrogens is 2.